The van der Waals surface area contributed by atoms with E-state index in [-0.39, 0.29) is 108 Å². The van der Waals surface area contributed by atoms with Crippen LogP contribution in [0.2, 0.25) is 0 Å². The van der Waals surface area contributed by atoms with Crippen LogP contribution in [0.1, 0.15) is 0 Å². The average Bonchev–Trinajstić information content (AvgIpc) is 0.811. The maximum Gasteiger partial charge on any atom is 0 e. The summed E-state index contributed by atoms with van der Waals surface area (Å²) < 4.78 is 25.8. The summed E-state index contributed by atoms with van der Waals surface area (Å²) in [5.41, 5.74) is 0. The van der Waals surface area contributed by atoms with Crippen molar-refractivity contribution in [3.05, 3.63) is 0 Å². The molecule has 0 aromatic rings. The van der Waals surface area contributed by atoms with E-state index in [4.69, 9.17) is 10.7 Å². The van der Waals surface area contributed by atoms with Crippen molar-refractivity contribution in [2.45, 2.75) is 0 Å². The fraction of sp³-hybridized carbons (Fsp3) is 0. The average molecular weight is 388 g/mol. The third kappa shape index (κ3) is 51.4. The molecule has 0 aliphatic heterocycles. The van der Waals surface area contributed by atoms with E-state index in [9.17, 15) is 0 Å². The Labute approximate surface area is 134 Å². The summed E-state index contributed by atoms with van der Waals surface area (Å²) in [4.78, 5) is 0. The summed E-state index contributed by atoms with van der Waals surface area (Å²) in [5, 5.41) is 0. The maximum absolute atomic E-state index is 8.58. The van der Waals surface area contributed by atoms with Crippen LogP contribution in [0.4, 0.5) is 0 Å². The predicted octanol–water partition coefficient (Wildman–Crippen LogP) is -3.80. The normalized spacial score (nSPS) is 3.25. The molecule has 0 spiro atoms. The number of hydrogen-bond donors (Lipinski definition) is 0. The van der Waals surface area contributed by atoms with Crippen LogP contribution in [0.3, 0.4) is 0 Å². The third-order valence-electron chi connectivity index (χ3n) is 0. The molecule has 0 aromatic carbocycles. The van der Waals surface area contributed by atoms with Gasteiger partial charge in [-0.2, -0.15) is 0 Å². The minimum Gasteiger partial charge on any atom is 0 e. The first-order chi connectivity index (χ1) is 1.73. The van der Waals surface area contributed by atoms with Gasteiger partial charge >= 0.3 is 101 Å². The van der Waals surface area contributed by atoms with Gasteiger partial charge in [0.2, 0.25) is 0 Å². The molecule has 0 aliphatic carbocycles. The van der Waals surface area contributed by atoms with Crippen molar-refractivity contribution in [1.29, 1.82) is 0 Å². The molecule has 0 N–H and O–H groups in total. The van der Waals surface area contributed by atoms with Gasteiger partial charge in [0.15, 0.2) is 0 Å². The summed E-state index contributed by atoms with van der Waals surface area (Å²) in [6.45, 7) is 0. The Morgan fingerprint density at radius 3 is 1.25 bits per heavy atom. The van der Waals surface area contributed by atoms with Crippen molar-refractivity contribution in [1.82, 2.24) is 0 Å². The van der Waals surface area contributed by atoms with E-state index in [0.717, 1.165) is 0 Å². The van der Waals surface area contributed by atoms with Crippen LogP contribution in [0.15, 0.2) is 0 Å². The number of rotatable bonds is 0. The Balaban J connectivity index is -0.00000000750. The van der Waals surface area contributed by atoms with Gasteiger partial charge in [0.1, 0.15) is 0 Å². The zero-order chi connectivity index (χ0) is 3.58. The molecule has 0 bridgehead atoms. The van der Waals surface area contributed by atoms with Gasteiger partial charge in [-0.25, -0.2) is 0 Å². The zero-order valence-corrected chi connectivity index (χ0v) is 13.4. The summed E-state index contributed by atoms with van der Waals surface area (Å²) in [6, 6.07) is 0. The van der Waals surface area contributed by atoms with E-state index < -0.39 is 18.6 Å². The van der Waals surface area contributed by atoms with Gasteiger partial charge in [0.05, 0.1) is 0 Å². The molecule has 8 heteroatoms. The van der Waals surface area contributed by atoms with Gasteiger partial charge in [0.25, 0.3) is 0 Å². The summed E-state index contributed by atoms with van der Waals surface area (Å²) in [5.74, 6) is 0. The quantitative estimate of drug-likeness (QED) is 0.400. The molecule has 0 unspecified atom stereocenters. The van der Waals surface area contributed by atoms with Gasteiger partial charge in [-0.3, -0.25) is 0 Å². The second kappa shape index (κ2) is 22.4. The van der Waals surface area contributed by atoms with Gasteiger partial charge in [-0.1, -0.05) is 0 Å². The predicted molar refractivity (Wildman–Crippen MR) is 15.0 cm³/mol. The number of hydrogen-bond acceptors (Lipinski definition) is 3. The van der Waals surface area contributed by atoms with Crippen LogP contribution in [-0.4, -0.2) is 71.9 Å². The Morgan fingerprint density at radius 2 is 1.25 bits per heavy atom. The van der Waals surface area contributed by atoms with Gasteiger partial charge in [-0.15, -0.1) is 0 Å². The molecule has 0 fully saturated rings. The largest absolute Gasteiger partial charge is 0 e. The minimum atomic E-state index is -4.08. The Morgan fingerprint density at radius 1 is 1.25 bits per heavy atom. The van der Waals surface area contributed by atoms with Crippen molar-refractivity contribution >= 4 is 71.9 Å². The van der Waals surface area contributed by atoms with E-state index in [1.807, 2.05) is 0 Å². The van der Waals surface area contributed by atoms with Crippen molar-refractivity contribution in [2.75, 3.05) is 0 Å². The molecule has 0 rings (SSSR count). The molecule has 0 aliphatic rings. The van der Waals surface area contributed by atoms with Crippen molar-refractivity contribution in [2.24, 2.45) is 0 Å². The standard InChI is InChI=1S/Ba.Cu.Mg.3O.Ti.Zn.2H/q+2;;;;2*-1;;;;. The third-order valence-corrected chi connectivity index (χ3v) is 0. The zero-order valence-electron chi connectivity index (χ0n) is 3.44. The van der Waals surface area contributed by atoms with Crippen molar-refractivity contribution < 1.29 is 65.9 Å². The second-order valence-electron chi connectivity index (χ2n) is 0.250. The first kappa shape index (κ1) is 29.7. The molecule has 0 heterocycles. The molecule has 41 valence electrons. The van der Waals surface area contributed by atoms with E-state index in [1.54, 1.807) is 0 Å². The van der Waals surface area contributed by atoms with E-state index >= 15 is 0 Å². The topological polar surface area (TPSA) is 63.2 Å². The molecule has 0 atom stereocenters. The first-order valence-corrected chi connectivity index (χ1v) is 2.52. The molecule has 3 nitrogen and oxygen atoms in total. The van der Waals surface area contributed by atoms with Crippen LogP contribution in [0.5, 0.6) is 0 Å². The molecule has 0 aromatic heterocycles. The van der Waals surface area contributed by atoms with E-state index in [1.165, 1.54) is 0 Å². The van der Waals surface area contributed by atoms with E-state index in [2.05, 4.69) is 0 Å². The summed E-state index contributed by atoms with van der Waals surface area (Å²) in [6.07, 6.45) is 0. The van der Waals surface area contributed by atoms with Crippen LogP contribution in [0, 0.1) is 0 Å². The van der Waals surface area contributed by atoms with Crippen molar-refractivity contribution in [3.8, 4) is 0 Å². The van der Waals surface area contributed by atoms with Crippen LogP contribution < -0.4 is 7.38 Å². The van der Waals surface area contributed by atoms with Crippen molar-refractivity contribution in [3.63, 3.8) is 0 Å². The molecule has 0 saturated carbocycles. The summed E-state index contributed by atoms with van der Waals surface area (Å²) >= 11 is -4.08. The molecule has 0 saturated heterocycles. The van der Waals surface area contributed by atoms with Gasteiger partial charge < -0.3 is 0 Å². The maximum atomic E-state index is 8.58. The fourth-order valence-corrected chi connectivity index (χ4v) is 0. The van der Waals surface area contributed by atoms with Gasteiger partial charge in [0, 0.05) is 36.5 Å². The fourth-order valence-electron chi connectivity index (χ4n) is 0. The monoisotopic (exact) mass is 387 g/mol. The van der Waals surface area contributed by atoms with E-state index in [0.29, 0.717) is 0 Å². The molecular formula is H2BaCuMgO3TiZn. The Kier molecular flexibility index (Phi) is 83.3. The Hall–Kier alpha value is 3.91. The minimum absolute atomic E-state index is 0. The molecule has 1 radical (unpaired) electrons. The van der Waals surface area contributed by atoms with Gasteiger partial charge in [-0.05, 0) is 0 Å². The Bertz CT molecular complexity index is 42.3. The smallest absolute Gasteiger partial charge is 0 e. The first-order valence-electron chi connectivity index (χ1n) is 0.612. The van der Waals surface area contributed by atoms with Crippen LogP contribution in [0.25, 0.3) is 0 Å². The SMILES string of the molecule is [Ba+2].[Cu].[MgH2].[O]=[Ti]([O-])[O-].[Zn]. The summed E-state index contributed by atoms with van der Waals surface area (Å²) in [7, 11) is 0. The van der Waals surface area contributed by atoms with Crippen LogP contribution in [-0.2, 0) is 58.5 Å². The molecule has 0 amide bonds. The second-order valence-corrected chi connectivity index (χ2v) is 1.03. The van der Waals surface area contributed by atoms with Crippen LogP contribution >= 0.6 is 0 Å². The molecular weight excluding hydrogens is 386 g/mol. The molecule has 8 heavy (non-hydrogen) atoms.